The van der Waals surface area contributed by atoms with Crippen molar-refractivity contribution in [2.45, 2.75) is 44.6 Å². The number of rotatable bonds is 3. The second-order valence-electron chi connectivity index (χ2n) is 8.45. The van der Waals surface area contributed by atoms with Crippen molar-refractivity contribution in [3.8, 4) is 5.75 Å². The average molecular weight is 397 g/mol. The second kappa shape index (κ2) is 7.78. The fourth-order valence-corrected chi connectivity index (χ4v) is 3.92. The van der Waals surface area contributed by atoms with Gasteiger partial charge in [0.1, 0.15) is 11.4 Å². The SMILES string of the molecule is CC(C)(C)OC(=O)N1CCC(c2ccccc2)(c2cc(C(=O)O)ccc2O)CC1. The van der Waals surface area contributed by atoms with Crippen LogP contribution in [0.3, 0.4) is 0 Å². The van der Waals surface area contributed by atoms with Crippen molar-refractivity contribution in [3.05, 3.63) is 65.2 Å². The predicted molar refractivity (Wildman–Crippen MR) is 109 cm³/mol. The first-order chi connectivity index (χ1) is 13.6. The molecule has 6 nitrogen and oxygen atoms in total. The van der Waals surface area contributed by atoms with Crippen LogP contribution in [0.15, 0.2) is 48.5 Å². The number of carboxylic acid groups (broad SMARTS) is 1. The van der Waals surface area contributed by atoms with E-state index in [2.05, 4.69) is 0 Å². The zero-order chi connectivity index (χ0) is 21.2. The summed E-state index contributed by atoms with van der Waals surface area (Å²) in [6.45, 7) is 6.39. The molecule has 0 unspecified atom stereocenters. The zero-order valence-electron chi connectivity index (χ0n) is 17.0. The third-order valence-electron chi connectivity index (χ3n) is 5.35. The summed E-state index contributed by atoms with van der Waals surface area (Å²) in [5, 5.41) is 20.1. The van der Waals surface area contributed by atoms with Gasteiger partial charge in [-0.3, -0.25) is 0 Å². The summed E-state index contributed by atoms with van der Waals surface area (Å²) >= 11 is 0. The number of carbonyl (C=O) groups is 2. The Labute approximate surface area is 170 Å². The van der Waals surface area contributed by atoms with Gasteiger partial charge in [-0.1, -0.05) is 30.3 Å². The number of hydrogen-bond acceptors (Lipinski definition) is 4. The molecule has 0 aliphatic carbocycles. The predicted octanol–water partition coefficient (Wildman–Crippen LogP) is 4.41. The number of benzene rings is 2. The Kier molecular flexibility index (Phi) is 5.55. The molecule has 0 saturated carbocycles. The molecule has 0 spiro atoms. The van der Waals surface area contributed by atoms with Gasteiger partial charge in [-0.2, -0.15) is 0 Å². The lowest BCUT2D eigenvalue weighted by atomic mass is 9.67. The molecule has 29 heavy (non-hydrogen) atoms. The molecule has 0 radical (unpaired) electrons. The number of carboxylic acids is 1. The van der Waals surface area contributed by atoms with Gasteiger partial charge in [-0.15, -0.1) is 0 Å². The van der Waals surface area contributed by atoms with E-state index in [9.17, 15) is 19.8 Å². The van der Waals surface area contributed by atoms with E-state index in [-0.39, 0.29) is 17.4 Å². The third-order valence-corrected chi connectivity index (χ3v) is 5.35. The molecule has 2 N–H and O–H groups in total. The van der Waals surface area contributed by atoms with Gasteiger partial charge in [0.05, 0.1) is 5.56 Å². The van der Waals surface area contributed by atoms with E-state index < -0.39 is 17.0 Å². The molecule has 6 heteroatoms. The quantitative estimate of drug-likeness (QED) is 0.801. The van der Waals surface area contributed by atoms with Crippen LogP contribution in [0.2, 0.25) is 0 Å². The first-order valence-corrected chi connectivity index (χ1v) is 9.73. The largest absolute Gasteiger partial charge is 0.508 e. The molecule has 1 amide bonds. The van der Waals surface area contributed by atoms with Gasteiger partial charge in [-0.25, -0.2) is 9.59 Å². The van der Waals surface area contributed by atoms with Crippen LogP contribution in [-0.2, 0) is 10.2 Å². The summed E-state index contributed by atoms with van der Waals surface area (Å²) in [5.74, 6) is -0.981. The highest BCUT2D eigenvalue weighted by molar-refractivity contribution is 5.88. The highest BCUT2D eigenvalue weighted by Crippen LogP contribution is 2.45. The first-order valence-electron chi connectivity index (χ1n) is 9.73. The number of carbonyl (C=O) groups excluding carboxylic acids is 1. The molecule has 1 saturated heterocycles. The van der Waals surface area contributed by atoms with E-state index in [1.165, 1.54) is 12.1 Å². The summed E-state index contributed by atoms with van der Waals surface area (Å²) in [6.07, 6.45) is 0.738. The standard InChI is InChI=1S/C23H27NO5/c1-22(2,3)29-21(28)24-13-11-23(12-14-24,17-7-5-4-6-8-17)18-15-16(20(26)27)9-10-19(18)25/h4-10,15,25H,11-14H2,1-3H3,(H,26,27). The number of nitrogens with zero attached hydrogens (tertiary/aromatic N) is 1. The molecule has 1 aliphatic rings. The van der Waals surface area contributed by atoms with E-state index in [1.807, 2.05) is 51.1 Å². The van der Waals surface area contributed by atoms with Crippen molar-refractivity contribution in [1.82, 2.24) is 4.90 Å². The van der Waals surface area contributed by atoms with E-state index >= 15 is 0 Å². The molecule has 1 fully saturated rings. The number of hydrogen-bond donors (Lipinski definition) is 2. The van der Waals surface area contributed by atoms with Crippen LogP contribution < -0.4 is 0 Å². The Bertz CT molecular complexity index is 893. The number of phenols is 1. The molecule has 1 heterocycles. The monoisotopic (exact) mass is 397 g/mol. The smallest absolute Gasteiger partial charge is 0.410 e. The van der Waals surface area contributed by atoms with E-state index in [0.29, 0.717) is 31.5 Å². The average Bonchev–Trinajstić information content (AvgIpc) is 2.67. The van der Waals surface area contributed by atoms with Gasteiger partial charge in [0, 0.05) is 24.1 Å². The normalized spacial score (nSPS) is 16.3. The molecule has 2 aromatic rings. The van der Waals surface area contributed by atoms with Gasteiger partial charge in [0.15, 0.2) is 0 Å². The molecular weight excluding hydrogens is 370 g/mol. The van der Waals surface area contributed by atoms with Crippen LogP contribution in [0.1, 0.15) is 55.1 Å². The number of aromatic carboxylic acids is 1. The van der Waals surface area contributed by atoms with E-state index in [1.54, 1.807) is 11.0 Å². The minimum absolute atomic E-state index is 0.0598. The molecule has 0 bridgehead atoms. The number of ether oxygens (including phenoxy) is 1. The summed E-state index contributed by atoms with van der Waals surface area (Å²) in [7, 11) is 0. The highest BCUT2D eigenvalue weighted by atomic mass is 16.6. The summed E-state index contributed by atoms with van der Waals surface area (Å²) in [5.41, 5.74) is 0.533. The Morgan fingerprint density at radius 3 is 2.21 bits per heavy atom. The van der Waals surface area contributed by atoms with Crippen molar-refractivity contribution in [1.29, 1.82) is 0 Å². The Morgan fingerprint density at radius 2 is 1.66 bits per heavy atom. The van der Waals surface area contributed by atoms with Gasteiger partial charge >= 0.3 is 12.1 Å². The number of aromatic hydroxyl groups is 1. The lowest BCUT2D eigenvalue weighted by Gasteiger charge is -2.43. The van der Waals surface area contributed by atoms with Gasteiger partial charge in [0.2, 0.25) is 0 Å². The fourth-order valence-electron chi connectivity index (χ4n) is 3.92. The van der Waals surface area contributed by atoms with Crippen molar-refractivity contribution in [3.63, 3.8) is 0 Å². The highest BCUT2D eigenvalue weighted by Gasteiger charge is 2.41. The summed E-state index contributed by atoms with van der Waals surface area (Å²) in [6, 6.07) is 14.1. The maximum absolute atomic E-state index is 12.5. The van der Waals surface area contributed by atoms with E-state index in [4.69, 9.17) is 4.74 Å². The van der Waals surface area contributed by atoms with Gasteiger partial charge < -0.3 is 19.8 Å². The molecular formula is C23H27NO5. The number of likely N-dealkylation sites (tertiary alicyclic amines) is 1. The maximum atomic E-state index is 12.5. The van der Waals surface area contributed by atoms with Crippen LogP contribution in [0.4, 0.5) is 4.79 Å². The summed E-state index contributed by atoms with van der Waals surface area (Å²) < 4.78 is 5.49. The summed E-state index contributed by atoms with van der Waals surface area (Å²) in [4.78, 5) is 25.7. The minimum atomic E-state index is -1.04. The van der Waals surface area contributed by atoms with Gasteiger partial charge in [0.25, 0.3) is 0 Å². The van der Waals surface area contributed by atoms with Crippen LogP contribution in [0.5, 0.6) is 5.75 Å². The molecule has 0 atom stereocenters. The Morgan fingerprint density at radius 1 is 1.03 bits per heavy atom. The Hall–Kier alpha value is -3.02. The van der Waals surface area contributed by atoms with Crippen LogP contribution in [-0.4, -0.2) is 45.9 Å². The maximum Gasteiger partial charge on any atom is 0.410 e. The lowest BCUT2D eigenvalue weighted by Crippen LogP contribution is -2.47. The molecule has 1 aliphatic heterocycles. The zero-order valence-corrected chi connectivity index (χ0v) is 17.0. The van der Waals surface area contributed by atoms with Gasteiger partial charge in [-0.05, 0) is 57.4 Å². The molecule has 154 valence electrons. The van der Waals surface area contributed by atoms with Crippen molar-refractivity contribution < 1.29 is 24.5 Å². The molecule has 3 rings (SSSR count). The first kappa shape index (κ1) is 20.7. The van der Waals surface area contributed by atoms with Crippen LogP contribution >= 0.6 is 0 Å². The van der Waals surface area contributed by atoms with Crippen molar-refractivity contribution >= 4 is 12.1 Å². The number of phenolic OH excluding ortho intramolecular Hbond substituents is 1. The topological polar surface area (TPSA) is 87.1 Å². The number of piperidine rings is 1. The molecule has 2 aromatic carbocycles. The lowest BCUT2D eigenvalue weighted by molar-refractivity contribution is 0.0179. The minimum Gasteiger partial charge on any atom is -0.508 e. The second-order valence-corrected chi connectivity index (χ2v) is 8.45. The van der Waals surface area contributed by atoms with Crippen LogP contribution in [0, 0.1) is 0 Å². The van der Waals surface area contributed by atoms with Crippen molar-refractivity contribution in [2.24, 2.45) is 0 Å². The fraction of sp³-hybridized carbons (Fsp3) is 0.391. The van der Waals surface area contributed by atoms with Crippen LogP contribution in [0.25, 0.3) is 0 Å². The van der Waals surface area contributed by atoms with E-state index in [0.717, 1.165) is 5.56 Å². The Balaban J connectivity index is 1.98. The van der Waals surface area contributed by atoms with Crippen molar-refractivity contribution in [2.75, 3.05) is 13.1 Å². The third kappa shape index (κ3) is 4.36. The number of amides is 1. The molecule has 0 aromatic heterocycles.